The van der Waals surface area contributed by atoms with Crippen LogP contribution in [0.15, 0.2) is 48.5 Å². The Hall–Kier alpha value is -2.28. The molecule has 3 nitrogen and oxygen atoms in total. The second kappa shape index (κ2) is 7.49. The number of halogens is 1. The summed E-state index contributed by atoms with van der Waals surface area (Å²) in [5.41, 5.74) is 2.20. The lowest BCUT2D eigenvalue weighted by Gasteiger charge is -2.07. The molecule has 0 saturated carbocycles. The fraction of sp³-hybridized carbons (Fsp3) is 0.118. The molecule has 0 aliphatic heterocycles. The van der Waals surface area contributed by atoms with Crippen LogP contribution in [0.3, 0.4) is 0 Å². The van der Waals surface area contributed by atoms with E-state index >= 15 is 0 Å². The van der Waals surface area contributed by atoms with E-state index in [0.717, 1.165) is 5.56 Å². The van der Waals surface area contributed by atoms with E-state index in [4.69, 9.17) is 16.7 Å². The summed E-state index contributed by atoms with van der Waals surface area (Å²) in [5, 5.41) is 12.2. The van der Waals surface area contributed by atoms with Crippen LogP contribution >= 0.6 is 11.6 Å². The van der Waals surface area contributed by atoms with E-state index in [1.807, 2.05) is 24.3 Å². The molecular weight excluding hydrogens is 286 g/mol. The van der Waals surface area contributed by atoms with Crippen molar-refractivity contribution >= 4 is 23.2 Å². The molecule has 0 bridgehead atoms. The first kappa shape index (κ1) is 15.1. The zero-order valence-electron chi connectivity index (χ0n) is 11.3. The monoisotopic (exact) mass is 299 g/mol. The Morgan fingerprint density at radius 3 is 2.57 bits per heavy atom. The molecule has 0 aromatic heterocycles. The van der Waals surface area contributed by atoms with Gasteiger partial charge in [-0.2, -0.15) is 0 Å². The zero-order chi connectivity index (χ0) is 15.1. The van der Waals surface area contributed by atoms with Gasteiger partial charge in [0.15, 0.2) is 0 Å². The van der Waals surface area contributed by atoms with Crippen molar-refractivity contribution in [3.05, 3.63) is 64.7 Å². The van der Waals surface area contributed by atoms with E-state index in [-0.39, 0.29) is 18.9 Å². The van der Waals surface area contributed by atoms with Gasteiger partial charge in [-0.25, -0.2) is 0 Å². The number of amides is 1. The second-order valence-electron chi connectivity index (χ2n) is 4.36. The fourth-order valence-corrected chi connectivity index (χ4v) is 1.94. The average Bonchev–Trinajstić information content (AvgIpc) is 2.49. The van der Waals surface area contributed by atoms with Gasteiger partial charge in [0.05, 0.1) is 12.1 Å². The number of carbonyl (C=O) groups excluding carboxylic acids is 1. The topological polar surface area (TPSA) is 49.3 Å². The van der Waals surface area contributed by atoms with Gasteiger partial charge in [-0.15, -0.1) is 0 Å². The first-order valence-corrected chi connectivity index (χ1v) is 6.80. The highest BCUT2D eigenvalue weighted by Gasteiger charge is 2.06. The van der Waals surface area contributed by atoms with Crippen molar-refractivity contribution in [2.45, 2.75) is 6.42 Å². The van der Waals surface area contributed by atoms with E-state index in [9.17, 15) is 4.79 Å². The van der Waals surface area contributed by atoms with Gasteiger partial charge in [0, 0.05) is 10.6 Å². The number of nitrogens with one attached hydrogen (secondary N) is 1. The molecule has 106 valence electrons. The third kappa shape index (κ3) is 4.64. The highest BCUT2D eigenvalue weighted by atomic mass is 35.5. The van der Waals surface area contributed by atoms with Crippen molar-refractivity contribution in [2.75, 3.05) is 11.9 Å². The smallest absolute Gasteiger partial charge is 0.228 e. The molecule has 21 heavy (non-hydrogen) atoms. The number of hydrogen-bond acceptors (Lipinski definition) is 2. The van der Waals surface area contributed by atoms with Crippen LogP contribution < -0.4 is 5.32 Å². The minimum absolute atomic E-state index is 0.129. The second-order valence-corrected chi connectivity index (χ2v) is 4.79. The molecular formula is C17H14ClNO2. The lowest BCUT2D eigenvalue weighted by Crippen LogP contribution is -2.15. The number of aliphatic hydroxyl groups excluding tert-OH is 1. The normalized spacial score (nSPS) is 9.62. The first-order valence-electron chi connectivity index (χ1n) is 6.42. The summed E-state index contributed by atoms with van der Waals surface area (Å²) in [4.78, 5) is 12.1. The van der Waals surface area contributed by atoms with Crippen molar-refractivity contribution < 1.29 is 9.90 Å². The summed E-state index contributed by atoms with van der Waals surface area (Å²) in [6, 6.07) is 14.4. The third-order valence-corrected chi connectivity index (χ3v) is 3.03. The Morgan fingerprint density at radius 1 is 1.14 bits per heavy atom. The third-order valence-electron chi connectivity index (χ3n) is 2.78. The maximum Gasteiger partial charge on any atom is 0.228 e. The number of carbonyl (C=O) groups is 1. The van der Waals surface area contributed by atoms with Crippen molar-refractivity contribution in [3.8, 4) is 11.8 Å². The molecule has 0 saturated heterocycles. The summed E-state index contributed by atoms with van der Waals surface area (Å²) in [5.74, 6) is 5.25. The molecule has 0 atom stereocenters. The van der Waals surface area contributed by atoms with Crippen molar-refractivity contribution in [3.63, 3.8) is 0 Å². The molecule has 0 aliphatic carbocycles. The van der Waals surface area contributed by atoms with E-state index in [1.54, 1.807) is 24.3 Å². The van der Waals surface area contributed by atoms with Crippen LogP contribution in [-0.2, 0) is 11.2 Å². The molecule has 0 unspecified atom stereocenters. The highest BCUT2D eigenvalue weighted by Crippen LogP contribution is 2.15. The summed E-state index contributed by atoms with van der Waals surface area (Å²) in [7, 11) is 0. The maximum atomic E-state index is 12.1. The summed E-state index contributed by atoms with van der Waals surface area (Å²) in [6.07, 6.45) is 0.263. The van der Waals surface area contributed by atoms with Crippen molar-refractivity contribution in [1.29, 1.82) is 0 Å². The van der Waals surface area contributed by atoms with Gasteiger partial charge in [-0.05, 0) is 29.8 Å². The minimum Gasteiger partial charge on any atom is -0.384 e. The Morgan fingerprint density at radius 2 is 1.86 bits per heavy atom. The molecule has 2 aromatic rings. The predicted octanol–water partition coefficient (Wildman–Crippen LogP) is 2.87. The largest absolute Gasteiger partial charge is 0.384 e. The molecule has 2 rings (SSSR count). The van der Waals surface area contributed by atoms with Crippen molar-refractivity contribution in [1.82, 2.24) is 0 Å². The number of hydrogen-bond donors (Lipinski definition) is 2. The van der Waals surface area contributed by atoms with Gasteiger partial charge in [0.25, 0.3) is 0 Å². The van der Waals surface area contributed by atoms with Crippen LogP contribution in [0.2, 0.25) is 5.02 Å². The predicted molar refractivity (Wildman–Crippen MR) is 84.2 cm³/mol. The summed E-state index contributed by atoms with van der Waals surface area (Å²) in [6.45, 7) is -0.215. The zero-order valence-corrected chi connectivity index (χ0v) is 12.0. The standard InChI is InChI=1S/C17H14ClNO2/c18-15-9-7-13(8-10-15)12-17(21)19-16-6-2-1-4-14(16)5-3-11-20/h1-2,4,6-10,20H,11-12H2,(H,19,21). The van der Waals surface area contributed by atoms with Gasteiger partial charge in [0.1, 0.15) is 6.61 Å². The van der Waals surface area contributed by atoms with Crippen LogP contribution in [0.5, 0.6) is 0 Å². The van der Waals surface area contributed by atoms with Crippen LogP contribution in [-0.4, -0.2) is 17.6 Å². The van der Waals surface area contributed by atoms with Crippen LogP contribution in [0, 0.1) is 11.8 Å². The van der Waals surface area contributed by atoms with E-state index < -0.39 is 0 Å². The molecule has 0 aliphatic rings. The number of rotatable bonds is 3. The maximum absolute atomic E-state index is 12.1. The fourth-order valence-electron chi connectivity index (χ4n) is 1.82. The number of para-hydroxylation sites is 1. The molecule has 2 N–H and O–H groups in total. The molecule has 0 heterocycles. The lowest BCUT2D eigenvalue weighted by molar-refractivity contribution is -0.115. The SMILES string of the molecule is O=C(Cc1ccc(Cl)cc1)Nc1ccccc1C#CCO. The number of anilines is 1. The molecule has 4 heteroatoms. The Labute approximate surface area is 128 Å². The molecule has 1 amide bonds. The Bertz CT molecular complexity index is 684. The van der Waals surface area contributed by atoms with Gasteiger partial charge in [-0.1, -0.05) is 47.7 Å². The van der Waals surface area contributed by atoms with Gasteiger partial charge < -0.3 is 10.4 Å². The van der Waals surface area contributed by atoms with Crippen LogP contribution in [0.25, 0.3) is 0 Å². The van der Waals surface area contributed by atoms with E-state index in [0.29, 0.717) is 16.3 Å². The van der Waals surface area contributed by atoms with Gasteiger partial charge in [0.2, 0.25) is 5.91 Å². The molecule has 2 aromatic carbocycles. The van der Waals surface area contributed by atoms with Crippen molar-refractivity contribution in [2.24, 2.45) is 0 Å². The average molecular weight is 300 g/mol. The van der Waals surface area contributed by atoms with Crippen LogP contribution in [0.4, 0.5) is 5.69 Å². The molecule has 0 fully saturated rings. The Balaban J connectivity index is 2.07. The highest BCUT2D eigenvalue weighted by molar-refractivity contribution is 6.30. The molecule has 0 spiro atoms. The number of benzene rings is 2. The lowest BCUT2D eigenvalue weighted by atomic mass is 10.1. The Kier molecular flexibility index (Phi) is 5.39. The van der Waals surface area contributed by atoms with Gasteiger partial charge >= 0.3 is 0 Å². The van der Waals surface area contributed by atoms with E-state index in [2.05, 4.69) is 17.2 Å². The number of aliphatic hydroxyl groups is 1. The summed E-state index contributed by atoms with van der Waals surface area (Å²) < 4.78 is 0. The first-order chi connectivity index (χ1) is 10.2. The van der Waals surface area contributed by atoms with Gasteiger partial charge in [-0.3, -0.25) is 4.79 Å². The molecule has 0 radical (unpaired) electrons. The quantitative estimate of drug-likeness (QED) is 0.856. The van der Waals surface area contributed by atoms with E-state index in [1.165, 1.54) is 0 Å². The summed E-state index contributed by atoms with van der Waals surface area (Å²) >= 11 is 5.81. The minimum atomic E-state index is -0.215. The van der Waals surface area contributed by atoms with Crippen LogP contribution in [0.1, 0.15) is 11.1 Å².